The summed E-state index contributed by atoms with van der Waals surface area (Å²) in [6.07, 6.45) is 3.62. The first-order valence-corrected chi connectivity index (χ1v) is 6.45. The van der Waals surface area contributed by atoms with Crippen LogP contribution in [0.1, 0.15) is 18.4 Å². The van der Waals surface area contributed by atoms with Gasteiger partial charge in [-0.1, -0.05) is 12.1 Å². The Morgan fingerprint density at radius 1 is 1.18 bits per heavy atom. The highest BCUT2D eigenvalue weighted by Gasteiger charge is 2.10. The first-order valence-electron chi connectivity index (χ1n) is 6.45. The van der Waals surface area contributed by atoms with Gasteiger partial charge in [-0.2, -0.15) is 0 Å². The molecule has 1 fully saturated rings. The monoisotopic (exact) mass is 234 g/mol. The Balaban J connectivity index is 1.88. The molecule has 3 nitrogen and oxygen atoms in total. The molecule has 0 radical (unpaired) electrons. The zero-order valence-corrected chi connectivity index (χ0v) is 10.5. The number of methoxy groups -OCH3 is 1. The van der Waals surface area contributed by atoms with Gasteiger partial charge in [-0.05, 0) is 43.5 Å². The lowest BCUT2D eigenvalue weighted by Crippen LogP contribution is -2.39. The number of hydrogen-bond donors (Lipinski definition) is 2. The van der Waals surface area contributed by atoms with Crippen LogP contribution in [-0.4, -0.2) is 32.8 Å². The quantitative estimate of drug-likeness (QED) is 0.833. The van der Waals surface area contributed by atoms with E-state index in [9.17, 15) is 0 Å². The molecule has 1 heterocycles. The molecule has 3 heteroatoms. The van der Waals surface area contributed by atoms with Crippen molar-refractivity contribution in [3.05, 3.63) is 29.8 Å². The zero-order chi connectivity index (χ0) is 11.9. The van der Waals surface area contributed by atoms with Gasteiger partial charge in [0.25, 0.3) is 0 Å². The second-order valence-corrected chi connectivity index (χ2v) is 4.60. The van der Waals surface area contributed by atoms with Crippen LogP contribution in [-0.2, 0) is 6.42 Å². The molecule has 1 aromatic carbocycles. The van der Waals surface area contributed by atoms with Crippen molar-refractivity contribution in [1.82, 2.24) is 10.6 Å². The van der Waals surface area contributed by atoms with E-state index < -0.39 is 0 Å². The number of ether oxygens (including phenoxy) is 1. The van der Waals surface area contributed by atoms with Gasteiger partial charge in [-0.25, -0.2) is 0 Å². The highest BCUT2D eigenvalue weighted by molar-refractivity contribution is 5.27. The molecule has 17 heavy (non-hydrogen) atoms. The van der Waals surface area contributed by atoms with Crippen molar-refractivity contribution in [3.63, 3.8) is 0 Å². The van der Waals surface area contributed by atoms with Gasteiger partial charge in [0.15, 0.2) is 0 Å². The number of nitrogens with one attached hydrogen (secondary N) is 2. The Labute approximate surface area is 104 Å². The van der Waals surface area contributed by atoms with E-state index in [0.717, 1.165) is 31.8 Å². The van der Waals surface area contributed by atoms with Crippen molar-refractivity contribution in [2.75, 3.05) is 26.7 Å². The van der Waals surface area contributed by atoms with E-state index in [0.29, 0.717) is 6.04 Å². The standard InChI is InChI=1S/C14H22N2O/c1-17-14-6-4-12(5-7-14)11-13-3-2-8-15-9-10-16-13/h4-7,13,15-16H,2-3,8-11H2,1H3. The van der Waals surface area contributed by atoms with E-state index >= 15 is 0 Å². The van der Waals surface area contributed by atoms with E-state index in [2.05, 4.69) is 22.8 Å². The van der Waals surface area contributed by atoms with Crippen LogP contribution in [0.5, 0.6) is 5.75 Å². The Kier molecular flexibility index (Phi) is 4.83. The fraction of sp³-hybridized carbons (Fsp3) is 0.571. The minimum Gasteiger partial charge on any atom is -0.497 e. The summed E-state index contributed by atoms with van der Waals surface area (Å²) in [5.74, 6) is 0.934. The second-order valence-electron chi connectivity index (χ2n) is 4.60. The number of hydrogen-bond acceptors (Lipinski definition) is 3. The van der Waals surface area contributed by atoms with E-state index in [-0.39, 0.29) is 0 Å². The van der Waals surface area contributed by atoms with Gasteiger partial charge >= 0.3 is 0 Å². The van der Waals surface area contributed by atoms with Crippen LogP contribution in [0.15, 0.2) is 24.3 Å². The highest BCUT2D eigenvalue weighted by atomic mass is 16.5. The van der Waals surface area contributed by atoms with Crippen molar-refractivity contribution >= 4 is 0 Å². The van der Waals surface area contributed by atoms with E-state index in [4.69, 9.17) is 4.74 Å². The molecule has 1 aliphatic rings. The molecule has 2 rings (SSSR count). The molecular formula is C14H22N2O. The lowest BCUT2D eigenvalue weighted by molar-refractivity contribution is 0.413. The molecule has 1 atom stereocenters. The number of benzene rings is 1. The summed E-state index contributed by atoms with van der Waals surface area (Å²) >= 11 is 0. The molecule has 2 N–H and O–H groups in total. The lowest BCUT2D eigenvalue weighted by atomic mass is 10.0. The average molecular weight is 234 g/mol. The van der Waals surface area contributed by atoms with Crippen molar-refractivity contribution in [2.45, 2.75) is 25.3 Å². The van der Waals surface area contributed by atoms with Gasteiger partial charge in [0.1, 0.15) is 5.75 Å². The highest BCUT2D eigenvalue weighted by Crippen LogP contribution is 2.14. The maximum atomic E-state index is 5.17. The molecule has 0 aliphatic carbocycles. The van der Waals surface area contributed by atoms with Crippen molar-refractivity contribution in [1.29, 1.82) is 0 Å². The topological polar surface area (TPSA) is 33.3 Å². The predicted octanol–water partition coefficient (Wildman–Crippen LogP) is 1.58. The van der Waals surface area contributed by atoms with Crippen LogP contribution in [0.2, 0.25) is 0 Å². The van der Waals surface area contributed by atoms with Crippen LogP contribution in [0, 0.1) is 0 Å². The SMILES string of the molecule is COc1ccc(CC2CCCNCCN2)cc1. The second kappa shape index (κ2) is 6.62. The Hall–Kier alpha value is -1.06. The fourth-order valence-corrected chi connectivity index (χ4v) is 2.29. The molecule has 0 amide bonds. The Morgan fingerprint density at radius 3 is 2.76 bits per heavy atom. The van der Waals surface area contributed by atoms with E-state index in [1.165, 1.54) is 18.4 Å². The van der Waals surface area contributed by atoms with Crippen molar-refractivity contribution < 1.29 is 4.74 Å². The summed E-state index contributed by atoms with van der Waals surface area (Å²) < 4.78 is 5.17. The molecule has 0 bridgehead atoms. The van der Waals surface area contributed by atoms with Crippen molar-refractivity contribution in [2.24, 2.45) is 0 Å². The van der Waals surface area contributed by atoms with Crippen LogP contribution in [0.25, 0.3) is 0 Å². The maximum absolute atomic E-state index is 5.17. The summed E-state index contributed by atoms with van der Waals surface area (Å²) in [6, 6.07) is 9.03. The van der Waals surface area contributed by atoms with Gasteiger partial charge in [0, 0.05) is 19.1 Å². The Morgan fingerprint density at radius 2 is 2.00 bits per heavy atom. The minimum absolute atomic E-state index is 0.616. The first kappa shape index (κ1) is 12.4. The third-order valence-corrected chi connectivity index (χ3v) is 3.28. The van der Waals surface area contributed by atoms with Crippen LogP contribution in [0.3, 0.4) is 0 Å². The van der Waals surface area contributed by atoms with Crippen LogP contribution >= 0.6 is 0 Å². The Bertz CT molecular complexity index is 315. The summed E-state index contributed by atoms with van der Waals surface area (Å²) in [5.41, 5.74) is 1.39. The smallest absolute Gasteiger partial charge is 0.118 e. The maximum Gasteiger partial charge on any atom is 0.118 e. The molecule has 0 saturated carbocycles. The molecule has 1 unspecified atom stereocenters. The summed E-state index contributed by atoms with van der Waals surface area (Å²) in [4.78, 5) is 0. The minimum atomic E-state index is 0.616. The molecule has 1 saturated heterocycles. The largest absolute Gasteiger partial charge is 0.497 e. The predicted molar refractivity (Wildman–Crippen MR) is 70.6 cm³/mol. The van der Waals surface area contributed by atoms with Gasteiger partial charge in [0.05, 0.1) is 7.11 Å². The van der Waals surface area contributed by atoms with Gasteiger partial charge in [0.2, 0.25) is 0 Å². The normalized spacial score (nSPS) is 21.6. The summed E-state index contributed by atoms with van der Waals surface area (Å²) in [7, 11) is 1.71. The third kappa shape index (κ3) is 4.02. The fourth-order valence-electron chi connectivity index (χ4n) is 2.29. The average Bonchev–Trinajstić information content (AvgIpc) is 2.33. The van der Waals surface area contributed by atoms with E-state index in [1.807, 2.05) is 12.1 Å². The molecule has 0 spiro atoms. The molecular weight excluding hydrogens is 212 g/mol. The lowest BCUT2D eigenvalue weighted by Gasteiger charge is -2.22. The summed E-state index contributed by atoms with van der Waals surface area (Å²) in [5, 5.41) is 7.01. The zero-order valence-electron chi connectivity index (χ0n) is 10.5. The van der Waals surface area contributed by atoms with E-state index in [1.54, 1.807) is 7.11 Å². The number of rotatable bonds is 3. The molecule has 0 aromatic heterocycles. The summed E-state index contributed by atoms with van der Waals surface area (Å²) in [6.45, 7) is 3.31. The molecule has 1 aliphatic heterocycles. The third-order valence-electron chi connectivity index (χ3n) is 3.28. The van der Waals surface area contributed by atoms with Gasteiger partial charge in [-0.15, -0.1) is 0 Å². The molecule has 94 valence electrons. The first-order chi connectivity index (χ1) is 8.38. The van der Waals surface area contributed by atoms with Gasteiger partial charge < -0.3 is 15.4 Å². The molecule has 1 aromatic rings. The van der Waals surface area contributed by atoms with Crippen LogP contribution in [0.4, 0.5) is 0 Å². The van der Waals surface area contributed by atoms with Gasteiger partial charge in [-0.3, -0.25) is 0 Å². The van der Waals surface area contributed by atoms with Crippen LogP contribution < -0.4 is 15.4 Å². The van der Waals surface area contributed by atoms with Crippen molar-refractivity contribution in [3.8, 4) is 5.75 Å².